The Morgan fingerprint density at radius 2 is 2.06 bits per heavy atom. The number of nitrogens with one attached hydrogen (secondary N) is 1. The van der Waals surface area contributed by atoms with E-state index in [1.165, 1.54) is 12.8 Å². The van der Waals surface area contributed by atoms with E-state index < -0.39 is 0 Å². The van der Waals surface area contributed by atoms with Gasteiger partial charge in [0.15, 0.2) is 0 Å². The van der Waals surface area contributed by atoms with Crippen molar-refractivity contribution >= 4 is 5.91 Å². The van der Waals surface area contributed by atoms with E-state index in [9.17, 15) is 4.79 Å². The fourth-order valence-corrected chi connectivity index (χ4v) is 3.29. The van der Waals surface area contributed by atoms with Crippen LogP contribution in [0.5, 0.6) is 0 Å². The maximum Gasteiger partial charge on any atom is 0.241 e. The van der Waals surface area contributed by atoms with Crippen LogP contribution in [-0.2, 0) is 4.79 Å². The maximum atomic E-state index is 12.3. The summed E-state index contributed by atoms with van der Waals surface area (Å²) >= 11 is 0. The molecule has 4 atom stereocenters. The number of carbonyl (C=O) groups is 1. The van der Waals surface area contributed by atoms with Crippen LogP contribution in [0.3, 0.4) is 0 Å². The minimum Gasteiger partial charge on any atom is -0.325 e. The summed E-state index contributed by atoms with van der Waals surface area (Å²) < 4.78 is 0. The monoisotopic (exact) mass is 238 g/mol. The fourth-order valence-electron chi connectivity index (χ4n) is 3.29. The van der Waals surface area contributed by atoms with Crippen molar-refractivity contribution < 1.29 is 4.79 Å². The zero-order valence-corrected chi connectivity index (χ0v) is 11.6. The Balaban J connectivity index is 1.98. The quantitative estimate of drug-likeness (QED) is 0.817. The standard InChI is InChI=1S/C14H26N2O/c1-9(2)7-12-14(17)16(8-15-12)13-6-5-10(3)11(13)4/h9-13,15H,5-8H2,1-4H3. The average molecular weight is 238 g/mol. The van der Waals surface area contributed by atoms with Crippen LogP contribution in [0.4, 0.5) is 0 Å². The molecular weight excluding hydrogens is 212 g/mol. The Morgan fingerprint density at radius 3 is 2.59 bits per heavy atom. The summed E-state index contributed by atoms with van der Waals surface area (Å²) in [4.78, 5) is 14.4. The molecule has 0 spiro atoms. The minimum atomic E-state index is 0.0677. The molecule has 1 aliphatic carbocycles. The van der Waals surface area contributed by atoms with Crippen LogP contribution in [0.25, 0.3) is 0 Å². The van der Waals surface area contributed by atoms with Gasteiger partial charge in [0.05, 0.1) is 12.7 Å². The third kappa shape index (κ3) is 2.49. The molecule has 0 aromatic carbocycles. The zero-order valence-electron chi connectivity index (χ0n) is 11.6. The highest BCUT2D eigenvalue weighted by molar-refractivity contribution is 5.84. The van der Waals surface area contributed by atoms with Gasteiger partial charge in [-0.3, -0.25) is 10.1 Å². The Morgan fingerprint density at radius 1 is 1.35 bits per heavy atom. The molecule has 98 valence electrons. The van der Waals surface area contributed by atoms with E-state index in [2.05, 4.69) is 37.9 Å². The van der Waals surface area contributed by atoms with Crippen LogP contribution in [0.2, 0.25) is 0 Å². The lowest BCUT2D eigenvalue weighted by molar-refractivity contribution is -0.131. The van der Waals surface area contributed by atoms with Crippen LogP contribution < -0.4 is 5.32 Å². The molecule has 4 unspecified atom stereocenters. The number of hydrogen-bond acceptors (Lipinski definition) is 2. The molecule has 1 saturated carbocycles. The van der Waals surface area contributed by atoms with Crippen LogP contribution in [-0.4, -0.2) is 29.6 Å². The first-order valence-corrected chi connectivity index (χ1v) is 7.04. The van der Waals surface area contributed by atoms with Gasteiger partial charge in [0.2, 0.25) is 5.91 Å². The van der Waals surface area contributed by atoms with Gasteiger partial charge in [-0.1, -0.05) is 27.7 Å². The second-order valence-corrected chi connectivity index (χ2v) is 6.33. The van der Waals surface area contributed by atoms with E-state index in [1.54, 1.807) is 0 Å². The van der Waals surface area contributed by atoms with Crippen LogP contribution in [0.15, 0.2) is 0 Å². The summed E-state index contributed by atoms with van der Waals surface area (Å²) in [5.41, 5.74) is 0. The number of rotatable bonds is 3. The van der Waals surface area contributed by atoms with Crippen molar-refractivity contribution in [3.05, 3.63) is 0 Å². The molecule has 3 heteroatoms. The SMILES string of the molecule is CC(C)CC1NCN(C2CCC(C)C2C)C1=O. The lowest BCUT2D eigenvalue weighted by Crippen LogP contribution is -2.41. The maximum absolute atomic E-state index is 12.3. The summed E-state index contributed by atoms with van der Waals surface area (Å²) in [5.74, 6) is 2.33. The Kier molecular flexibility index (Phi) is 3.76. The molecule has 1 N–H and O–H groups in total. The third-order valence-corrected chi connectivity index (χ3v) is 4.62. The largest absolute Gasteiger partial charge is 0.325 e. The van der Waals surface area contributed by atoms with Crippen molar-refractivity contribution in [1.82, 2.24) is 10.2 Å². The van der Waals surface area contributed by atoms with Gasteiger partial charge in [0.1, 0.15) is 0 Å². The number of hydrogen-bond donors (Lipinski definition) is 1. The van der Waals surface area contributed by atoms with Crippen molar-refractivity contribution in [3.8, 4) is 0 Å². The minimum absolute atomic E-state index is 0.0677. The van der Waals surface area contributed by atoms with Gasteiger partial charge in [-0.2, -0.15) is 0 Å². The molecule has 0 bridgehead atoms. The molecule has 2 rings (SSSR count). The molecule has 2 fully saturated rings. The lowest BCUT2D eigenvalue weighted by atomic mass is 9.96. The van der Waals surface area contributed by atoms with Gasteiger partial charge < -0.3 is 4.90 Å². The highest BCUT2D eigenvalue weighted by Gasteiger charge is 2.41. The van der Waals surface area contributed by atoms with Crippen LogP contribution >= 0.6 is 0 Å². The van der Waals surface area contributed by atoms with Crippen LogP contribution in [0.1, 0.15) is 47.0 Å². The van der Waals surface area contributed by atoms with Gasteiger partial charge in [0.25, 0.3) is 0 Å². The Labute approximate surface area is 105 Å². The van der Waals surface area contributed by atoms with E-state index in [4.69, 9.17) is 0 Å². The Bertz CT molecular complexity index is 290. The first kappa shape index (κ1) is 12.9. The van der Waals surface area contributed by atoms with Gasteiger partial charge in [-0.15, -0.1) is 0 Å². The normalized spacial score (nSPS) is 38.4. The van der Waals surface area contributed by atoms with E-state index in [-0.39, 0.29) is 6.04 Å². The molecule has 0 aromatic rings. The van der Waals surface area contributed by atoms with Gasteiger partial charge in [0, 0.05) is 6.04 Å². The van der Waals surface area contributed by atoms with E-state index in [0.717, 1.165) is 19.0 Å². The molecule has 1 saturated heterocycles. The zero-order chi connectivity index (χ0) is 12.6. The Hall–Kier alpha value is -0.570. The lowest BCUT2D eigenvalue weighted by Gasteiger charge is -2.28. The van der Waals surface area contributed by atoms with Crippen molar-refractivity contribution in [3.63, 3.8) is 0 Å². The summed E-state index contributed by atoms with van der Waals surface area (Å²) in [7, 11) is 0. The predicted octanol–water partition coefficient (Wildman–Crippen LogP) is 2.23. The van der Waals surface area contributed by atoms with Crippen molar-refractivity contribution in [2.24, 2.45) is 17.8 Å². The summed E-state index contributed by atoms with van der Waals surface area (Å²) in [6.07, 6.45) is 3.42. The highest BCUT2D eigenvalue weighted by atomic mass is 16.2. The second kappa shape index (κ2) is 4.97. The van der Waals surface area contributed by atoms with Crippen LogP contribution in [0, 0.1) is 17.8 Å². The molecule has 1 amide bonds. The smallest absolute Gasteiger partial charge is 0.241 e. The molecule has 2 aliphatic rings. The molecule has 3 nitrogen and oxygen atoms in total. The van der Waals surface area contributed by atoms with Gasteiger partial charge in [-0.05, 0) is 37.0 Å². The van der Waals surface area contributed by atoms with Crippen molar-refractivity contribution in [1.29, 1.82) is 0 Å². The number of nitrogens with zero attached hydrogens (tertiary/aromatic N) is 1. The molecule has 1 aliphatic heterocycles. The van der Waals surface area contributed by atoms with Gasteiger partial charge >= 0.3 is 0 Å². The summed E-state index contributed by atoms with van der Waals surface area (Å²) in [6.45, 7) is 9.73. The van der Waals surface area contributed by atoms with Crippen molar-refractivity contribution in [2.75, 3.05) is 6.67 Å². The fraction of sp³-hybridized carbons (Fsp3) is 0.929. The summed E-state index contributed by atoms with van der Waals surface area (Å²) in [5, 5.41) is 3.38. The average Bonchev–Trinajstić information content (AvgIpc) is 2.75. The highest BCUT2D eigenvalue weighted by Crippen LogP contribution is 2.35. The first-order valence-electron chi connectivity index (χ1n) is 7.04. The predicted molar refractivity (Wildman–Crippen MR) is 69.4 cm³/mol. The first-order chi connectivity index (χ1) is 8.00. The van der Waals surface area contributed by atoms with Crippen molar-refractivity contribution in [2.45, 2.75) is 59.0 Å². The molecule has 0 aromatic heterocycles. The molecule has 17 heavy (non-hydrogen) atoms. The number of carbonyl (C=O) groups excluding carboxylic acids is 1. The second-order valence-electron chi connectivity index (χ2n) is 6.33. The summed E-state index contributed by atoms with van der Waals surface area (Å²) in [6, 6.07) is 0.542. The molecular formula is C14H26N2O. The van der Waals surface area contributed by atoms with Gasteiger partial charge in [-0.25, -0.2) is 0 Å². The van der Waals surface area contributed by atoms with E-state index >= 15 is 0 Å². The van der Waals surface area contributed by atoms with E-state index in [0.29, 0.717) is 23.8 Å². The number of amides is 1. The third-order valence-electron chi connectivity index (χ3n) is 4.62. The molecule has 1 heterocycles. The molecule has 0 radical (unpaired) electrons. The topological polar surface area (TPSA) is 32.3 Å². The van der Waals surface area contributed by atoms with E-state index in [1.807, 2.05) is 0 Å².